The predicted molar refractivity (Wildman–Crippen MR) is 74.0 cm³/mol. The summed E-state index contributed by atoms with van der Waals surface area (Å²) < 4.78 is 0. The van der Waals surface area contributed by atoms with Crippen LogP contribution in [0.1, 0.15) is 17.2 Å². The summed E-state index contributed by atoms with van der Waals surface area (Å²) in [7, 11) is 0. The van der Waals surface area contributed by atoms with Crippen LogP contribution in [0, 0.1) is 0 Å². The van der Waals surface area contributed by atoms with Crippen molar-refractivity contribution < 1.29 is 5.11 Å². The Kier molecular flexibility index (Phi) is 3.43. The lowest BCUT2D eigenvalue weighted by Crippen LogP contribution is -1.99. The van der Waals surface area contributed by atoms with Gasteiger partial charge in [-0.1, -0.05) is 12.1 Å². The number of thiophene rings is 1. The lowest BCUT2D eigenvalue weighted by molar-refractivity contribution is 0.475. The first-order valence-corrected chi connectivity index (χ1v) is 6.20. The van der Waals surface area contributed by atoms with Crippen LogP contribution >= 0.6 is 23.7 Å². The normalized spacial score (nSPS) is 21.9. The van der Waals surface area contributed by atoms with Crippen LogP contribution in [0.25, 0.3) is 10.4 Å². The van der Waals surface area contributed by atoms with E-state index in [2.05, 4.69) is 12.1 Å². The van der Waals surface area contributed by atoms with Gasteiger partial charge in [0, 0.05) is 21.7 Å². The van der Waals surface area contributed by atoms with Gasteiger partial charge in [-0.25, -0.2) is 0 Å². The number of hydrogen-bond donors (Lipinski definition) is 2. The highest BCUT2D eigenvalue weighted by Crippen LogP contribution is 2.44. The Bertz CT molecular complexity index is 526. The summed E-state index contributed by atoms with van der Waals surface area (Å²) in [6.45, 7) is 0. The molecule has 1 aliphatic rings. The number of halogens is 1. The van der Waals surface area contributed by atoms with Gasteiger partial charge in [0.1, 0.15) is 5.75 Å². The van der Waals surface area contributed by atoms with Gasteiger partial charge >= 0.3 is 0 Å². The fourth-order valence-corrected chi connectivity index (χ4v) is 3.10. The molecule has 1 saturated carbocycles. The van der Waals surface area contributed by atoms with Crippen molar-refractivity contribution in [2.24, 2.45) is 5.73 Å². The van der Waals surface area contributed by atoms with E-state index in [4.69, 9.17) is 5.73 Å². The van der Waals surface area contributed by atoms with Crippen LogP contribution in [0.3, 0.4) is 0 Å². The van der Waals surface area contributed by atoms with E-state index in [1.165, 1.54) is 9.75 Å². The van der Waals surface area contributed by atoms with Gasteiger partial charge in [-0.05, 0) is 36.2 Å². The zero-order chi connectivity index (χ0) is 11.1. The molecule has 2 atom stereocenters. The average Bonchev–Trinajstić information content (AvgIpc) is 2.81. The van der Waals surface area contributed by atoms with Crippen LogP contribution in [0.4, 0.5) is 0 Å². The van der Waals surface area contributed by atoms with Gasteiger partial charge in [-0.2, -0.15) is 0 Å². The maximum atomic E-state index is 9.43. The third-order valence-electron chi connectivity index (χ3n) is 2.96. The number of nitrogens with two attached hydrogens (primary N) is 1. The summed E-state index contributed by atoms with van der Waals surface area (Å²) in [5, 5.41) is 9.43. The minimum absolute atomic E-state index is 0. The van der Waals surface area contributed by atoms with Crippen molar-refractivity contribution >= 4 is 23.7 Å². The van der Waals surface area contributed by atoms with Gasteiger partial charge in [0.15, 0.2) is 0 Å². The van der Waals surface area contributed by atoms with Gasteiger partial charge in [-0.15, -0.1) is 23.7 Å². The summed E-state index contributed by atoms with van der Waals surface area (Å²) in [5.74, 6) is 0.881. The Morgan fingerprint density at radius 1 is 1.24 bits per heavy atom. The second kappa shape index (κ2) is 4.69. The molecule has 0 radical (unpaired) electrons. The molecule has 1 fully saturated rings. The van der Waals surface area contributed by atoms with Gasteiger partial charge in [-0.3, -0.25) is 0 Å². The van der Waals surface area contributed by atoms with Crippen molar-refractivity contribution in [3.63, 3.8) is 0 Å². The van der Waals surface area contributed by atoms with E-state index in [0.717, 1.165) is 12.0 Å². The van der Waals surface area contributed by atoms with Crippen molar-refractivity contribution in [3.05, 3.63) is 41.3 Å². The molecule has 4 heteroatoms. The molecule has 1 aromatic heterocycles. The van der Waals surface area contributed by atoms with Crippen LogP contribution in [-0.2, 0) is 0 Å². The van der Waals surface area contributed by atoms with Crippen molar-refractivity contribution in [3.8, 4) is 16.2 Å². The number of aromatic hydroxyl groups is 1. The lowest BCUT2D eigenvalue weighted by Gasteiger charge is -1.97. The third-order valence-corrected chi connectivity index (χ3v) is 4.23. The molecule has 0 unspecified atom stereocenters. The van der Waals surface area contributed by atoms with Crippen molar-refractivity contribution in [1.82, 2.24) is 0 Å². The van der Waals surface area contributed by atoms with Gasteiger partial charge in [0.2, 0.25) is 0 Å². The topological polar surface area (TPSA) is 46.2 Å². The van der Waals surface area contributed by atoms with Gasteiger partial charge in [0.05, 0.1) is 0 Å². The smallest absolute Gasteiger partial charge is 0.116 e. The lowest BCUT2D eigenvalue weighted by atomic mass is 10.2. The molecule has 1 aliphatic carbocycles. The molecule has 3 rings (SSSR count). The largest absolute Gasteiger partial charge is 0.508 e. The molecule has 0 bridgehead atoms. The zero-order valence-electron chi connectivity index (χ0n) is 9.17. The van der Waals surface area contributed by atoms with Gasteiger partial charge in [0.25, 0.3) is 0 Å². The second-order valence-electron chi connectivity index (χ2n) is 4.26. The van der Waals surface area contributed by atoms with Gasteiger partial charge < -0.3 is 10.8 Å². The first kappa shape index (κ1) is 12.4. The minimum atomic E-state index is 0. The Morgan fingerprint density at radius 2 is 2.00 bits per heavy atom. The molecule has 2 aromatic rings. The Labute approximate surface area is 111 Å². The Morgan fingerprint density at radius 3 is 2.65 bits per heavy atom. The molecule has 17 heavy (non-hydrogen) atoms. The maximum absolute atomic E-state index is 9.43. The van der Waals surface area contributed by atoms with E-state index in [0.29, 0.717) is 17.7 Å². The number of rotatable bonds is 2. The molecule has 1 aromatic carbocycles. The first-order valence-electron chi connectivity index (χ1n) is 5.39. The van der Waals surface area contributed by atoms with Crippen molar-refractivity contribution in [2.75, 3.05) is 0 Å². The van der Waals surface area contributed by atoms with E-state index in [1.54, 1.807) is 23.5 Å². The van der Waals surface area contributed by atoms with E-state index in [1.807, 2.05) is 12.1 Å². The molecule has 2 nitrogen and oxygen atoms in total. The Balaban J connectivity index is 0.00000108. The number of hydrogen-bond acceptors (Lipinski definition) is 3. The fourth-order valence-electron chi connectivity index (χ4n) is 1.91. The third kappa shape index (κ3) is 2.46. The summed E-state index contributed by atoms with van der Waals surface area (Å²) in [6, 6.07) is 12.0. The minimum Gasteiger partial charge on any atom is -0.508 e. The molecule has 0 saturated heterocycles. The molecule has 0 aliphatic heterocycles. The van der Waals surface area contributed by atoms with Crippen molar-refractivity contribution in [2.45, 2.75) is 18.4 Å². The van der Waals surface area contributed by atoms with Crippen molar-refractivity contribution in [1.29, 1.82) is 0 Å². The number of benzene rings is 1. The van der Waals surface area contributed by atoms with Crippen LogP contribution in [0.2, 0.25) is 0 Å². The highest BCUT2D eigenvalue weighted by molar-refractivity contribution is 7.15. The van der Waals surface area contributed by atoms with E-state index in [-0.39, 0.29) is 12.4 Å². The summed E-state index contributed by atoms with van der Waals surface area (Å²) in [6.07, 6.45) is 1.11. The second-order valence-corrected chi connectivity index (χ2v) is 5.37. The summed E-state index contributed by atoms with van der Waals surface area (Å²) >= 11 is 1.78. The van der Waals surface area contributed by atoms with Crippen LogP contribution in [-0.4, -0.2) is 11.1 Å². The summed E-state index contributed by atoms with van der Waals surface area (Å²) in [5.41, 5.74) is 6.91. The number of phenols is 1. The quantitative estimate of drug-likeness (QED) is 0.876. The van der Waals surface area contributed by atoms with E-state index in [9.17, 15) is 5.11 Å². The summed E-state index contributed by atoms with van der Waals surface area (Å²) in [4.78, 5) is 2.57. The number of phenolic OH excluding ortho intramolecular Hbond substituents is 1. The monoisotopic (exact) mass is 267 g/mol. The SMILES string of the molecule is Cl.N[C@H]1C[C@@H]1c1ccc(-c2cccc(O)c2)s1. The molecule has 3 N–H and O–H groups in total. The first-order chi connectivity index (χ1) is 7.74. The molecule has 0 amide bonds. The van der Waals surface area contributed by atoms with Crippen LogP contribution in [0.15, 0.2) is 36.4 Å². The average molecular weight is 268 g/mol. The van der Waals surface area contributed by atoms with E-state index < -0.39 is 0 Å². The Hall–Kier alpha value is -1.03. The highest BCUT2D eigenvalue weighted by atomic mass is 35.5. The van der Waals surface area contributed by atoms with Crippen LogP contribution < -0.4 is 5.73 Å². The fraction of sp³-hybridized carbons (Fsp3) is 0.231. The maximum Gasteiger partial charge on any atom is 0.116 e. The highest BCUT2D eigenvalue weighted by Gasteiger charge is 2.35. The molecule has 0 spiro atoms. The zero-order valence-corrected chi connectivity index (χ0v) is 10.8. The molecule has 1 heterocycles. The van der Waals surface area contributed by atoms with E-state index >= 15 is 0 Å². The molecule has 90 valence electrons. The predicted octanol–water partition coefficient (Wildman–Crippen LogP) is 3.36. The standard InChI is InChI=1S/C13H13NOS.ClH/c14-11-7-10(11)13-5-4-12(16-13)8-2-1-3-9(15)6-8;/h1-6,10-11,15H,7,14H2;1H/t10-,11-;/m0./s1. The molecular formula is C13H14ClNOS. The van der Waals surface area contributed by atoms with Crippen LogP contribution in [0.5, 0.6) is 5.75 Å². The molecular weight excluding hydrogens is 254 g/mol.